The third kappa shape index (κ3) is 7.48. The molecule has 0 unspecified atom stereocenters. The Labute approximate surface area is 195 Å². The highest BCUT2D eigenvalue weighted by molar-refractivity contribution is 6.41. The molecule has 168 valence electrons. The van der Waals surface area contributed by atoms with Gasteiger partial charge in [0.25, 0.3) is 5.91 Å². The van der Waals surface area contributed by atoms with E-state index < -0.39 is 11.8 Å². The van der Waals surface area contributed by atoms with Gasteiger partial charge in [0.15, 0.2) is 6.61 Å². The Hall–Kier alpha value is -4.17. The quantitative estimate of drug-likeness (QED) is 0.281. The minimum Gasteiger partial charge on any atom is -0.484 e. The Kier molecular flexibility index (Phi) is 8.15. The highest BCUT2D eigenvalue weighted by atomic mass is 35.5. The molecular formula is C24H21ClN4O4. The van der Waals surface area contributed by atoms with E-state index in [0.29, 0.717) is 27.7 Å². The summed E-state index contributed by atoms with van der Waals surface area (Å²) in [7, 11) is 0. The molecule has 3 amide bonds. The van der Waals surface area contributed by atoms with Crippen molar-refractivity contribution < 1.29 is 19.1 Å². The van der Waals surface area contributed by atoms with Gasteiger partial charge in [0.2, 0.25) is 0 Å². The molecule has 33 heavy (non-hydrogen) atoms. The summed E-state index contributed by atoms with van der Waals surface area (Å²) in [5, 5.41) is 9.24. The Bertz CT molecular complexity index is 1180. The highest BCUT2D eigenvalue weighted by Crippen LogP contribution is 2.20. The van der Waals surface area contributed by atoms with Crippen LogP contribution in [0.4, 0.5) is 11.4 Å². The summed E-state index contributed by atoms with van der Waals surface area (Å²) in [6.45, 7) is 1.80. The topological polar surface area (TPSA) is 109 Å². The molecule has 0 saturated heterocycles. The molecule has 0 bridgehead atoms. The number of benzene rings is 3. The summed E-state index contributed by atoms with van der Waals surface area (Å²) < 4.78 is 5.48. The molecule has 0 aliphatic carbocycles. The first-order valence-corrected chi connectivity index (χ1v) is 10.3. The fourth-order valence-corrected chi connectivity index (χ4v) is 2.86. The molecule has 8 nitrogen and oxygen atoms in total. The van der Waals surface area contributed by atoms with Crippen molar-refractivity contribution >= 4 is 46.9 Å². The van der Waals surface area contributed by atoms with Gasteiger partial charge >= 0.3 is 11.8 Å². The lowest BCUT2D eigenvalue weighted by Crippen LogP contribution is -2.32. The van der Waals surface area contributed by atoms with Gasteiger partial charge in [0, 0.05) is 5.69 Å². The van der Waals surface area contributed by atoms with Gasteiger partial charge in [-0.2, -0.15) is 5.10 Å². The molecule has 3 rings (SSSR count). The van der Waals surface area contributed by atoms with E-state index in [1.165, 1.54) is 6.21 Å². The number of nitrogens with one attached hydrogen (secondary N) is 3. The Morgan fingerprint density at radius 2 is 1.70 bits per heavy atom. The largest absolute Gasteiger partial charge is 0.484 e. The van der Waals surface area contributed by atoms with E-state index in [2.05, 4.69) is 21.2 Å². The Balaban J connectivity index is 1.44. The van der Waals surface area contributed by atoms with Crippen molar-refractivity contribution in [2.24, 2.45) is 5.10 Å². The second kappa shape index (κ2) is 11.4. The summed E-state index contributed by atoms with van der Waals surface area (Å²) in [5.41, 5.74) is 4.87. The van der Waals surface area contributed by atoms with Crippen LogP contribution in [-0.4, -0.2) is 30.5 Å². The van der Waals surface area contributed by atoms with Gasteiger partial charge in [-0.25, -0.2) is 5.43 Å². The number of halogens is 1. The number of rotatable bonds is 7. The maximum absolute atomic E-state index is 12.0. The molecule has 0 atom stereocenters. The zero-order valence-corrected chi connectivity index (χ0v) is 18.4. The molecule has 0 fully saturated rings. The Morgan fingerprint density at radius 1 is 0.939 bits per heavy atom. The lowest BCUT2D eigenvalue weighted by molar-refractivity contribution is -0.136. The van der Waals surface area contributed by atoms with Crippen molar-refractivity contribution in [3.63, 3.8) is 0 Å². The predicted octanol–water partition coefficient (Wildman–Crippen LogP) is 3.75. The van der Waals surface area contributed by atoms with Crippen molar-refractivity contribution in [2.45, 2.75) is 6.92 Å². The van der Waals surface area contributed by atoms with Crippen LogP contribution in [0, 0.1) is 6.92 Å². The number of amides is 3. The number of carbonyl (C=O) groups is 3. The second-order valence-electron chi connectivity index (χ2n) is 6.91. The summed E-state index contributed by atoms with van der Waals surface area (Å²) in [6, 6.07) is 20.7. The minimum atomic E-state index is -0.939. The van der Waals surface area contributed by atoms with Crippen LogP contribution in [0.1, 0.15) is 11.1 Å². The molecule has 0 saturated carbocycles. The average Bonchev–Trinajstić information content (AvgIpc) is 2.80. The van der Waals surface area contributed by atoms with Crippen molar-refractivity contribution in [3.8, 4) is 5.75 Å². The molecule has 3 aromatic carbocycles. The van der Waals surface area contributed by atoms with E-state index in [0.717, 1.165) is 5.56 Å². The number of anilines is 2. The summed E-state index contributed by atoms with van der Waals surface area (Å²) in [6.07, 6.45) is 1.37. The van der Waals surface area contributed by atoms with Gasteiger partial charge in [0.1, 0.15) is 5.75 Å². The number of hydrogen-bond acceptors (Lipinski definition) is 5. The first kappa shape index (κ1) is 23.5. The number of hydrogen-bond donors (Lipinski definition) is 3. The minimum absolute atomic E-state index is 0.141. The number of nitrogens with zero attached hydrogens (tertiary/aromatic N) is 1. The van der Waals surface area contributed by atoms with Crippen LogP contribution in [0.15, 0.2) is 77.9 Å². The van der Waals surface area contributed by atoms with Crippen molar-refractivity contribution in [2.75, 3.05) is 17.2 Å². The molecule has 3 aromatic rings. The van der Waals surface area contributed by atoms with Crippen LogP contribution in [-0.2, 0) is 14.4 Å². The van der Waals surface area contributed by atoms with Gasteiger partial charge in [-0.3, -0.25) is 14.4 Å². The molecule has 3 N–H and O–H groups in total. The van der Waals surface area contributed by atoms with Crippen LogP contribution < -0.4 is 20.8 Å². The van der Waals surface area contributed by atoms with Crippen molar-refractivity contribution in [1.29, 1.82) is 0 Å². The van der Waals surface area contributed by atoms with E-state index in [-0.39, 0.29) is 12.5 Å². The summed E-state index contributed by atoms with van der Waals surface area (Å²) in [4.78, 5) is 35.8. The van der Waals surface area contributed by atoms with Crippen LogP contribution in [0.3, 0.4) is 0 Å². The van der Waals surface area contributed by atoms with E-state index >= 15 is 0 Å². The van der Waals surface area contributed by atoms with E-state index in [4.69, 9.17) is 16.3 Å². The molecule has 0 radical (unpaired) electrons. The SMILES string of the molecule is Cc1cccc(NC(=O)COc2ccc(/C=N/NC(=O)C(=O)Nc3ccccc3Cl)cc2)c1. The van der Waals surface area contributed by atoms with E-state index in [1.807, 2.05) is 25.1 Å². The van der Waals surface area contributed by atoms with Crippen LogP contribution in [0.5, 0.6) is 5.75 Å². The van der Waals surface area contributed by atoms with Crippen molar-refractivity contribution in [1.82, 2.24) is 5.43 Å². The van der Waals surface area contributed by atoms with E-state index in [1.54, 1.807) is 54.6 Å². The van der Waals surface area contributed by atoms with Crippen LogP contribution in [0.25, 0.3) is 0 Å². The third-order valence-corrected chi connectivity index (χ3v) is 4.59. The van der Waals surface area contributed by atoms with Gasteiger partial charge in [0.05, 0.1) is 16.9 Å². The van der Waals surface area contributed by atoms with Gasteiger partial charge in [-0.1, -0.05) is 35.9 Å². The fourth-order valence-electron chi connectivity index (χ4n) is 2.68. The molecule has 0 aromatic heterocycles. The smallest absolute Gasteiger partial charge is 0.329 e. The molecule has 0 spiro atoms. The highest BCUT2D eigenvalue weighted by Gasteiger charge is 2.14. The molecular weight excluding hydrogens is 444 g/mol. The second-order valence-corrected chi connectivity index (χ2v) is 7.32. The maximum atomic E-state index is 12.0. The summed E-state index contributed by atoms with van der Waals surface area (Å²) >= 11 is 5.94. The Morgan fingerprint density at radius 3 is 2.42 bits per heavy atom. The van der Waals surface area contributed by atoms with Crippen LogP contribution in [0.2, 0.25) is 5.02 Å². The van der Waals surface area contributed by atoms with Gasteiger partial charge in [-0.05, 0) is 66.6 Å². The average molecular weight is 465 g/mol. The number of para-hydroxylation sites is 1. The predicted molar refractivity (Wildman–Crippen MR) is 128 cm³/mol. The maximum Gasteiger partial charge on any atom is 0.329 e. The fraction of sp³-hybridized carbons (Fsp3) is 0.0833. The molecule has 0 aliphatic rings. The van der Waals surface area contributed by atoms with Gasteiger partial charge in [-0.15, -0.1) is 0 Å². The number of carbonyl (C=O) groups excluding carboxylic acids is 3. The van der Waals surface area contributed by atoms with Crippen molar-refractivity contribution in [3.05, 3.63) is 88.9 Å². The zero-order valence-electron chi connectivity index (χ0n) is 17.7. The first-order chi connectivity index (χ1) is 15.9. The third-order valence-electron chi connectivity index (χ3n) is 4.26. The monoisotopic (exact) mass is 464 g/mol. The molecule has 0 heterocycles. The number of hydrazone groups is 1. The lowest BCUT2D eigenvalue weighted by Gasteiger charge is -2.08. The lowest BCUT2D eigenvalue weighted by atomic mass is 10.2. The molecule has 9 heteroatoms. The number of ether oxygens (including phenoxy) is 1. The molecule has 0 aliphatic heterocycles. The first-order valence-electron chi connectivity index (χ1n) is 9.89. The number of aryl methyl sites for hydroxylation is 1. The standard InChI is InChI=1S/C24H21ClN4O4/c1-16-5-4-6-18(13-16)27-22(30)15-33-19-11-9-17(10-12-19)14-26-29-24(32)23(31)28-21-8-3-2-7-20(21)25/h2-14H,15H2,1H3,(H,27,30)(H,28,31)(H,29,32)/b26-14+. The van der Waals surface area contributed by atoms with Crippen LogP contribution >= 0.6 is 11.6 Å². The van der Waals surface area contributed by atoms with Gasteiger partial charge < -0.3 is 15.4 Å². The normalized spacial score (nSPS) is 10.5. The summed E-state index contributed by atoms with van der Waals surface area (Å²) in [5.74, 6) is -1.61. The van der Waals surface area contributed by atoms with E-state index in [9.17, 15) is 14.4 Å². The zero-order chi connectivity index (χ0) is 23.6.